The number of fused-ring (bicyclic) bond motifs is 6. The smallest absolute Gasteiger partial charge is 0.0541 e. The van der Waals surface area contributed by atoms with Crippen molar-refractivity contribution in [3.05, 3.63) is 210 Å². The Morgan fingerprint density at radius 1 is 0.623 bits per heavy atom. The van der Waals surface area contributed by atoms with Crippen molar-refractivity contribution in [3.8, 4) is 16.8 Å². The van der Waals surface area contributed by atoms with E-state index in [9.17, 15) is 0 Å². The quantitative estimate of drug-likeness (QED) is 0.169. The first kappa shape index (κ1) is 31.6. The fourth-order valence-corrected chi connectivity index (χ4v) is 9.12. The van der Waals surface area contributed by atoms with Crippen LogP contribution in [0.15, 0.2) is 187 Å². The molecular weight excluding hydrogens is 641 g/mol. The van der Waals surface area contributed by atoms with Crippen LogP contribution in [0.4, 0.5) is 5.69 Å². The van der Waals surface area contributed by atoms with Crippen LogP contribution in [0.3, 0.4) is 0 Å². The lowest BCUT2D eigenvalue weighted by molar-refractivity contribution is 0.660. The molecule has 0 bridgehead atoms. The van der Waals surface area contributed by atoms with Gasteiger partial charge in [-0.15, -0.1) is 0 Å². The van der Waals surface area contributed by atoms with E-state index in [1.54, 1.807) is 0 Å². The minimum Gasteiger partial charge on any atom is -0.315 e. The highest BCUT2D eigenvalue weighted by atomic mass is 15.2. The van der Waals surface area contributed by atoms with Gasteiger partial charge in [0.05, 0.1) is 11.0 Å². The van der Waals surface area contributed by atoms with E-state index in [1.807, 2.05) is 0 Å². The standard InChI is InChI=1S/C51H42N2/c1-51(2)47-19-11-9-17-43(47)44-31-30-42(34-48(44)51)52(40-26-21-36(22-27-40)35-13-5-3-6-14-35)41-28-23-37(24-29-41)38-25-32-50-46(33-38)45-18-10-12-20-49(45)53(50)39-15-7-4-8-16-39/h3-21,23,25-28,30-34,36H,22,24,29H2,1-2H3/t36-/m1/s1. The van der Waals surface area contributed by atoms with Gasteiger partial charge in [-0.3, -0.25) is 0 Å². The second-order valence-corrected chi connectivity index (χ2v) is 15.2. The zero-order valence-electron chi connectivity index (χ0n) is 30.3. The lowest BCUT2D eigenvalue weighted by Crippen LogP contribution is -2.24. The minimum atomic E-state index is -0.0565. The van der Waals surface area contributed by atoms with Gasteiger partial charge in [0.2, 0.25) is 0 Å². The summed E-state index contributed by atoms with van der Waals surface area (Å²) in [7, 11) is 0. The van der Waals surface area contributed by atoms with Gasteiger partial charge in [0.25, 0.3) is 0 Å². The molecule has 53 heavy (non-hydrogen) atoms. The third-order valence-corrected chi connectivity index (χ3v) is 11.9. The van der Waals surface area contributed by atoms with Gasteiger partial charge in [0, 0.05) is 44.9 Å². The molecule has 7 aromatic rings. The molecular formula is C51H42N2. The van der Waals surface area contributed by atoms with Crippen LogP contribution in [-0.4, -0.2) is 4.57 Å². The Kier molecular flexibility index (Phi) is 7.47. The SMILES string of the molecule is CC1(C)c2ccccc2-c2ccc(N(C3=CC[C@H](c4ccccc4)C=C3)C3=CC=C(c4ccc5c(c4)c4ccccc4n5-c4ccccc4)CC3)cc21. The van der Waals surface area contributed by atoms with Crippen molar-refractivity contribution in [2.45, 2.75) is 44.4 Å². The fraction of sp³-hybridized carbons (Fsp3) is 0.137. The van der Waals surface area contributed by atoms with E-state index in [2.05, 4.69) is 199 Å². The van der Waals surface area contributed by atoms with E-state index in [-0.39, 0.29) is 5.41 Å². The molecule has 0 fully saturated rings. The van der Waals surface area contributed by atoms with Crippen LogP contribution < -0.4 is 4.90 Å². The molecule has 0 N–H and O–H groups in total. The van der Waals surface area contributed by atoms with Crippen molar-refractivity contribution in [1.29, 1.82) is 0 Å². The summed E-state index contributed by atoms with van der Waals surface area (Å²) in [4.78, 5) is 2.53. The second-order valence-electron chi connectivity index (χ2n) is 15.2. The highest BCUT2D eigenvalue weighted by Gasteiger charge is 2.36. The van der Waals surface area contributed by atoms with E-state index < -0.39 is 0 Å². The molecule has 2 nitrogen and oxygen atoms in total. The summed E-state index contributed by atoms with van der Waals surface area (Å²) in [6.45, 7) is 4.75. The third kappa shape index (κ3) is 5.24. The Balaban J connectivity index is 1.04. The molecule has 6 aromatic carbocycles. The van der Waals surface area contributed by atoms with Crippen molar-refractivity contribution < 1.29 is 0 Å². The van der Waals surface area contributed by atoms with E-state index in [4.69, 9.17) is 0 Å². The number of anilines is 1. The van der Waals surface area contributed by atoms with Crippen LogP contribution in [0.5, 0.6) is 0 Å². The van der Waals surface area contributed by atoms with Crippen LogP contribution in [0, 0.1) is 0 Å². The average molecular weight is 683 g/mol. The summed E-state index contributed by atoms with van der Waals surface area (Å²) in [5.41, 5.74) is 17.0. The zero-order chi connectivity index (χ0) is 35.5. The molecule has 0 saturated heterocycles. The molecule has 0 aliphatic heterocycles. The maximum atomic E-state index is 2.53. The Morgan fingerprint density at radius 2 is 1.36 bits per heavy atom. The van der Waals surface area contributed by atoms with Crippen LogP contribution in [0.2, 0.25) is 0 Å². The van der Waals surface area contributed by atoms with Crippen LogP contribution in [-0.2, 0) is 5.41 Å². The lowest BCUT2D eigenvalue weighted by atomic mass is 9.82. The molecule has 1 atom stereocenters. The number of rotatable bonds is 6. The molecule has 2 heteroatoms. The molecule has 0 amide bonds. The van der Waals surface area contributed by atoms with Gasteiger partial charge in [0.15, 0.2) is 0 Å². The first-order chi connectivity index (χ1) is 26.0. The second kappa shape index (κ2) is 12.5. The maximum absolute atomic E-state index is 2.53. The monoisotopic (exact) mass is 682 g/mol. The summed E-state index contributed by atoms with van der Waals surface area (Å²) in [5, 5.41) is 2.59. The fourth-order valence-electron chi connectivity index (χ4n) is 9.12. The first-order valence-electron chi connectivity index (χ1n) is 19.0. The summed E-state index contributed by atoms with van der Waals surface area (Å²) in [6.07, 6.45) is 14.9. The molecule has 0 spiro atoms. The van der Waals surface area contributed by atoms with Gasteiger partial charge in [0.1, 0.15) is 0 Å². The summed E-state index contributed by atoms with van der Waals surface area (Å²) in [6, 6.07) is 53.5. The number of allylic oxidation sites excluding steroid dienone is 7. The highest BCUT2D eigenvalue weighted by Crippen LogP contribution is 2.50. The van der Waals surface area contributed by atoms with E-state index in [0.717, 1.165) is 19.3 Å². The third-order valence-electron chi connectivity index (χ3n) is 11.9. The Hall–Kier alpha value is -6.12. The number of hydrogen-bond donors (Lipinski definition) is 0. The Bertz CT molecular complexity index is 2660. The first-order valence-corrected chi connectivity index (χ1v) is 19.0. The van der Waals surface area contributed by atoms with E-state index in [1.165, 1.54) is 83.5 Å². The molecule has 1 heterocycles. The van der Waals surface area contributed by atoms with Crippen molar-refractivity contribution in [1.82, 2.24) is 4.57 Å². The predicted octanol–water partition coefficient (Wildman–Crippen LogP) is 13.3. The highest BCUT2D eigenvalue weighted by molar-refractivity contribution is 6.10. The Labute approximate surface area is 312 Å². The number of benzene rings is 6. The number of aromatic nitrogens is 1. The molecule has 10 rings (SSSR count). The number of para-hydroxylation sites is 2. The summed E-state index contributed by atoms with van der Waals surface area (Å²) in [5.74, 6) is 0.393. The molecule has 256 valence electrons. The molecule has 0 saturated carbocycles. The topological polar surface area (TPSA) is 8.17 Å². The van der Waals surface area contributed by atoms with Gasteiger partial charge in [-0.05, 0) is 113 Å². The lowest BCUT2D eigenvalue weighted by Gasteiger charge is -2.33. The average Bonchev–Trinajstić information content (AvgIpc) is 3.67. The summed E-state index contributed by atoms with van der Waals surface area (Å²) < 4.78 is 2.39. The van der Waals surface area contributed by atoms with E-state index >= 15 is 0 Å². The van der Waals surface area contributed by atoms with Gasteiger partial charge in [-0.25, -0.2) is 0 Å². The van der Waals surface area contributed by atoms with Crippen LogP contribution in [0.25, 0.3) is 44.2 Å². The normalized spacial score (nSPS) is 17.2. The maximum Gasteiger partial charge on any atom is 0.0541 e. The van der Waals surface area contributed by atoms with Gasteiger partial charge in [-0.1, -0.05) is 135 Å². The zero-order valence-corrected chi connectivity index (χ0v) is 30.3. The van der Waals surface area contributed by atoms with Crippen molar-refractivity contribution in [2.24, 2.45) is 0 Å². The number of nitrogens with zero attached hydrogens (tertiary/aromatic N) is 2. The van der Waals surface area contributed by atoms with Crippen molar-refractivity contribution in [3.63, 3.8) is 0 Å². The van der Waals surface area contributed by atoms with Crippen LogP contribution >= 0.6 is 0 Å². The van der Waals surface area contributed by atoms with Crippen molar-refractivity contribution in [2.75, 3.05) is 4.90 Å². The molecule has 0 radical (unpaired) electrons. The van der Waals surface area contributed by atoms with Gasteiger partial charge < -0.3 is 9.47 Å². The molecule has 1 aromatic heterocycles. The number of hydrogen-bond acceptors (Lipinski definition) is 1. The van der Waals surface area contributed by atoms with Gasteiger partial charge in [-0.2, -0.15) is 0 Å². The van der Waals surface area contributed by atoms with Gasteiger partial charge >= 0.3 is 0 Å². The largest absolute Gasteiger partial charge is 0.315 e. The van der Waals surface area contributed by atoms with Crippen molar-refractivity contribution >= 4 is 33.1 Å². The molecule has 3 aliphatic carbocycles. The predicted molar refractivity (Wildman–Crippen MR) is 224 cm³/mol. The Morgan fingerprint density at radius 3 is 2.15 bits per heavy atom. The minimum absolute atomic E-state index is 0.0565. The molecule has 0 unspecified atom stereocenters. The van der Waals surface area contributed by atoms with E-state index in [0.29, 0.717) is 5.92 Å². The van der Waals surface area contributed by atoms with Crippen LogP contribution in [0.1, 0.15) is 61.3 Å². The summed E-state index contributed by atoms with van der Waals surface area (Å²) >= 11 is 0. The molecule has 3 aliphatic rings.